The van der Waals surface area contributed by atoms with Gasteiger partial charge >= 0.3 is 0 Å². The Balaban J connectivity index is 2.29. The maximum absolute atomic E-state index is 4.53. The monoisotopic (exact) mass is 267 g/mol. The van der Waals surface area contributed by atoms with Gasteiger partial charge < -0.3 is 0 Å². The number of unbranched alkanes of at least 4 members (excludes halogenated alkanes) is 6. The van der Waals surface area contributed by atoms with E-state index in [-0.39, 0.29) is 0 Å². The molecule has 1 heterocycles. The van der Waals surface area contributed by atoms with Gasteiger partial charge in [0.1, 0.15) is 0 Å². The first kappa shape index (κ1) is 15.7. The molecule has 0 amide bonds. The van der Waals surface area contributed by atoms with Gasteiger partial charge in [0.25, 0.3) is 0 Å². The van der Waals surface area contributed by atoms with Gasteiger partial charge in [0.05, 0.1) is 11.2 Å². The molecule has 1 nitrogen and oxygen atoms in total. The Bertz CT molecular complexity index is 257. The van der Waals surface area contributed by atoms with E-state index in [0.29, 0.717) is 0 Å². The predicted octanol–water partition coefficient (Wildman–Crippen LogP) is 6.17. The maximum Gasteiger partial charge on any atom is 0.0794 e. The Labute approximate surface area is 117 Å². The van der Waals surface area contributed by atoms with Gasteiger partial charge in [-0.2, -0.15) is 0 Å². The Kier molecular flexibility index (Phi) is 9.19. The molecule has 0 bridgehead atoms. The smallest absolute Gasteiger partial charge is 0.0794 e. The molecule has 0 unspecified atom stereocenters. The highest BCUT2D eigenvalue weighted by Crippen LogP contribution is 2.28. The zero-order valence-electron chi connectivity index (χ0n) is 12.2. The fourth-order valence-corrected chi connectivity index (χ4v) is 3.13. The van der Waals surface area contributed by atoms with E-state index in [4.69, 9.17) is 0 Å². The topological polar surface area (TPSA) is 12.9 Å². The van der Waals surface area contributed by atoms with Crippen molar-refractivity contribution in [2.75, 3.05) is 0 Å². The summed E-state index contributed by atoms with van der Waals surface area (Å²) in [6, 6.07) is 0. The Morgan fingerprint density at radius 2 is 1.56 bits per heavy atom. The van der Waals surface area contributed by atoms with E-state index >= 15 is 0 Å². The molecule has 0 aromatic carbocycles. The van der Waals surface area contributed by atoms with Gasteiger partial charge in [0.2, 0.25) is 0 Å². The van der Waals surface area contributed by atoms with E-state index in [9.17, 15) is 0 Å². The highest BCUT2D eigenvalue weighted by Gasteiger charge is 2.12. The normalized spacial score (nSPS) is 11.3. The van der Waals surface area contributed by atoms with Crippen molar-refractivity contribution in [3.63, 3.8) is 0 Å². The van der Waals surface area contributed by atoms with Gasteiger partial charge in [-0.3, -0.25) is 0 Å². The van der Waals surface area contributed by atoms with Crippen LogP contribution in [0.3, 0.4) is 0 Å². The summed E-state index contributed by atoms with van der Waals surface area (Å²) in [4.78, 5) is 4.53. The summed E-state index contributed by atoms with van der Waals surface area (Å²) < 4.78 is 0. The van der Waals surface area contributed by atoms with E-state index < -0.39 is 0 Å². The standard InChI is InChI=1S/C16H29NS/c1-3-5-7-9-11-15(12-10-8-6-4-2)16-13-18-14-17-16/h13-15H,3-12H2,1-2H3. The minimum Gasteiger partial charge on any atom is -0.249 e. The fraction of sp³-hybridized carbons (Fsp3) is 0.812. The zero-order valence-corrected chi connectivity index (χ0v) is 13.0. The van der Waals surface area contributed by atoms with E-state index in [0.717, 1.165) is 5.92 Å². The van der Waals surface area contributed by atoms with Gasteiger partial charge in [-0.1, -0.05) is 65.2 Å². The Morgan fingerprint density at radius 3 is 2.00 bits per heavy atom. The van der Waals surface area contributed by atoms with Crippen LogP contribution in [0.4, 0.5) is 0 Å². The van der Waals surface area contributed by atoms with Crippen LogP contribution in [0.5, 0.6) is 0 Å². The molecule has 0 atom stereocenters. The highest BCUT2D eigenvalue weighted by molar-refractivity contribution is 7.07. The fourth-order valence-electron chi connectivity index (χ4n) is 2.50. The molecular formula is C16H29NS. The van der Waals surface area contributed by atoms with Crippen LogP contribution in [0.15, 0.2) is 10.9 Å². The van der Waals surface area contributed by atoms with Crippen molar-refractivity contribution >= 4 is 11.3 Å². The molecule has 2 heteroatoms. The molecule has 1 aromatic rings. The van der Waals surface area contributed by atoms with Crippen molar-refractivity contribution in [2.45, 2.75) is 84.0 Å². The lowest BCUT2D eigenvalue weighted by atomic mass is 9.92. The first-order valence-corrected chi connectivity index (χ1v) is 8.70. The molecule has 0 N–H and O–H groups in total. The molecule has 0 radical (unpaired) electrons. The third kappa shape index (κ3) is 6.53. The molecule has 1 rings (SSSR count). The summed E-state index contributed by atoms with van der Waals surface area (Å²) in [6.45, 7) is 4.56. The maximum atomic E-state index is 4.53. The number of rotatable bonds is 11. The molecular weight excluding hydrogens is 238 g/mol. The van der Waals surface area contributed by atoms with Crippen LogP contribution in [0, 0.1) is 0 Å². The van der Waals surface area contributed by atoms with Crippen molar-refractivity contribution in [3.05, 3.63) is 16.6 Å². The summed E-state index contributed by atoms with van der Waals surface area (Å²) in [7, 11) is 0. The third-order valence-corrected chi connectivity index (χ3v) is 4.29. The minimum atomic E-state index is 0.727. The van der Waals surface area contributed by atoms with Crippen LogP contribution in [-0.4, -0.2) is 4.98 Å². The van der Waals surface area contributed by atoms with E-state index in [1.54, 1.807) is 11.3 Å². The van der Waals surface area contributed by atoms with Crippen molar-refractivity contribution in [2.24, 2.45) is 0 Å². The number of thiazole rings is 1. The molecule has 0 fully saturated rings. The van der Waals surface area contributed by atoms with Gasteiger partial charge in [-0.05, 0) is 12.8 Å². The van der Waals surface area contributed by atoms with Gasteiger partial charge in [-0.15, -0.1) is 11.3 Å². The second kappa shape index (κ2) is 10.5. The lowest BCUT2D eigenvalue weighted by Crippen LogP contribution is -2.00. The minimum absolute atomic E-state index is 0.727. The van der Waals surface area contributed by atoms with Crippen LogP contribution in [0.2, 0.25) is 0 Å². The number of hydrogen-bond acceptors (Lipinski definition) is 2. The molecule has 0 saturated heterocycles. The van der Waals surface area contributed by atoms with Gasteiger partial charge in [0, 0.05) is 11.3 Å². The molecule has 18 heavy (non-hydrogen) atoms. The van der Waals surface area contributed by atoms with E-state index in [2.05, 4.69) is 24.2 Å². The summed E-state index contributed by atoms with van der Waals surface area (Å²) in [5.41, 5.74) is 3.34. The van der Waals surface area contributed by atoms with E-state index in [1.807, 2.05) is 5.51 Å². The van der Waals surface area contributed by atoms with Crippen LogP contribution < -0.4 is 0 Å². The van der Waals surface area contributed by atoms with Crippen molar-refractivity contribution in [1.82, 2.24) is 4.98 Å². The number of aromatic nitrogens is 1. The summed E-state index contributed by atoms with van der Waals surface area (Å²) in [5.74, 6) is 0.727. The second-order valence-electron chi connectivity index (χ2n) is 5.31. The van der Waals surface area contributed by atoms with Crippen LogP contribution in [-0.2, 0) is 0 Å². The predicted molar refractivity (Wildman–Crippen MR) is 82.4 cm³/mol. The average Bonchev–Trinajstić information content (AvgIpc) is 2.91. The summed E-state index contributed by atoms with van der Waals surface area (Å²) in [6.07, 6.45) is 13.7. The second-order valence-corrected chi connectivity index (χ2v) is 6.03. The zero-order chi connectivity index (χ0) is 13.1. The number of nitrogens with zero attached hydrogens (tertiary/aromatic N) is 1. The first-order valence-electron chi connectivity index (χ1n) is 7.76. The highest BCUT2D eigenvalue weighted by atomic mass is 32.1. The number of hydrogen-bond donors (Lipinski definition) is 0. The molecule has 0 aliphatic rings. The lowest BCUT2D eigenvalue weighted by molar-refractivity contribution is 0.490. The van der Waals surface area contributed by atoms with Crippen LogP contribution in [0.1, 0.15) is 89.7 Å². The largest absolute Gasteiger partial charge is 0.249 e. The van der Waals surface area contributed by atoms with Crippen LogP contribution in [0.25, 0.3) is 0 Å². The average molecular weight is 267 g/mol. The molecule has 104 valence electrons. The molecule has 0 aliphatic carbocycles. The van der Waals surface area contributed by atoms with Crippen molar-refractivity contribution in [3.8, 4) is 0 Å². The van der Waals surface area contributed by atoms with Gasteiger partial charge in [0.15, 0.2) is 0 Å². The lowest BCUT2D eigenvalue weighted by Gasteiger charge is -2.14. The Hall–Kier alpha value is -0.370. The SMILES string of the molecule is CCCCCCC(CCCCCC)c1cscn1. The van der Waals surface area contributed by atoms with Crippen molar-refractivity contribution in [1.29, 1.82) is 0 Å². The molecule has 1 aromatic heterocycles. The Morgan fingerprint density at radius 1 is 0.944 bits per heavy atom. The molecule has 0 aliphatic heterocycles. The quantitative estimate of drug-likeness (QED) is 0.437. The summed E-state index contributed by atoms with van der Waals surface area (Å²) in [5, 5.41) is 2.25. The molecule has 0 saturated carbocycles. The molecule has 0 spiro atoms. The first-order chi connectivity index (χ1) is 8.88. The van der Waals surface area contributed by atoms with Crippen LogP contribution >= 0.6 is 11.3 Å². The summed E-state index contributed by atoms with van der Waals surface area (Å²) >= 11 is 1.74. The van der Waals surface area contributed by atoms with Gasteiger partial charge in [-0.25, -0.2) is 4.98 Å². The third-order valence-electron chi connectivity index (χ3n) is 3.68. The van der Waals surface area contributed by atoms with E-state index in [1.165, 1.54) is 69.9 Å². The van der Waals surface area contributed by atoms with Crippen molar-refractivity contribution < 1.29 is 0 Å².